The van der Waals surface area contributed by atoms with Crippen molar-refractivity contribution in [2.45, 2.75) is 19.9 Å². The van der Waals surface area contributed by atoms with E-state index in [0.717, 1.165) is 49.0 Å². The van der Waals surface area contributed by atoms with Crippen molar-refractivity contribution in [3.05, 3.63) is 40.8 Å². The van der Waals surface area contributed by atoms with Crippen LogP contribution in [0, 0.1) is 0 Å². The molecule has 3 aromatic rings. The second kappa shape index (κ2) is 6.81. The van der Waals surface area contributed by atoms with Crippen molar-refractivity contribution in [1.29, 1.82) is 0 Å². The predicted octanol–water partition coefficient (Wildman–Crippen LogP) is 1.61. The molecule has 7 nitrogen and oxygen atoms in total. The van der Waals surface area contributed by atoms with E-state index < -0.39 is 6.04 Å². The zero-order valence-electron chi connectivity index (χ0n) is 16.1. The number of likely N-dealkylation sites (N-methyl/N-ethyl adjacent to an activating group) is 1. The first-order chi connectivity index (χ1) is 13.0. The molecule has 1 aliphatic heterocycles. The monoisotopic (exact) mass is 367 g/mol. The Bertz CT molecular complexity index is 1060. The third-order valence-electron chi connectivity index (χ3n) is 5.68. The van der Waals surface area contributed by atoms with Crippen LogP contribution in [-0.4, -0.2) is 62.8 Å². The van der Waals surface area contributed by atoms with Crippen molar-refractivity contribution in [2.24, 2.45) is 7.05 Å². The second-order valence-corrected chi connectivity index (χ2v) is 7.16. The van der Waals surface area contributed by atoms with Crippen LogP contribution < -0.4 is 5.56 Å². The number of fused-ring (bicyclic) bond motifs is 3. The molecule has 0 spiro atoms. The molecule has 3 heterocycles. The van der Waals surface area contributed by atoms with Crippen molar-refractivity contribution in [2.75, 3.05) is 32.7 Å². The van der Waals surface area contributed by atoms with Crippen LogP contribution in [0.3, 0.4) is 0 Å². The zero-order chi connectivity index (χ0) is 19.1. The van der Waals surface area contributed by atoms with Crippen molar-refractivity contribution < 1.29 is 4.79 Å². The largest absolute Gasteiger partial charge is 0.338 e. The SMILES string of the molecule is CCN1CCN(C(=O)[C@@H](C)n2c3ccccc3c3cnn(C)c(=O)c32)CC1. The molecule has 1 aliphatic rings. The molecule has 0 N–H and O–H groups in total. The Morgan fingerprint density at radius 3 is 2.56 bits per heavy atom. The van der Waals surface area contributed by atoms with Crippen LogP contribution in [0.1, 0.15) is 19.9 Å². The fourth-order valence-corrected chi connectivity index (χ4v) is 4.05. The first-order valence-corrected chi connectivity index (χ1v) is 9.49. The molecule has 7 heteroatoms. The summed E-state index contributed by atoms with van der Waals surface area (Å²) in [5.41, 5.74) is 1.26. The lowest BCUT2D eigenvalue weighted by atomic mass is 10.2. The van der Waals surface area contributed by atoms with E-state index in [1.54, 1.807) is 13.2 Å². The second-order valence-electron chi connectivity index (χ2n) is 7.16. The minimum Gasteiger partial charge on any atom is -0.338 e. The van der Waals surface area contributed by atoms with Gasteiger partial charge in [0.2, 0.25) is 5.91 Å². The van der Waals surface area contributed by atoms with E-state index in [9.17, 15) is 9.59 Å². The van der Waals surface area contributed by atoms with Gasteiger partial charge in [-0.2, -0.15) is 5.10 Å². The Balaban J connectivity index is 1.81. The molecular formula is C20H25N5O2. The van der Waals surface area contributed by atoms with E-state index in [1.807, 2.05) is 40.7 Å². The van der Waals surface area contributed by atoms with Gasteiger partial charge in [0, 0.05) is 44.0 Å². The number of carbonyl (C=O) groups is 1. The molecule has 1 amide bonds. The summed E-state index contributed by atoms with van der Waals surface area (Å²) >= 11 is 0. The number of para-hydroxylation sites is 1. The van der Waals surface area contributed by atoms with Gasteiger partial charge in [-0.15, -0.1) is 0 Å². The molecule has 1 saturated heterocycles. The summed E-state index contributed by atoms with van der Waals surface area (Å²) in [6, 6.07) is 7.38. The topological polar surface area (TPSA) is 63.4 Å². The summed E-state index contributed by atoms with van der Waals surface area (Å²) in [5, 5.41) is 5.92. The molecule has 0 bridgehead atoms. The van der Waals surface area contributed by atoms with Crippen LogP contribution in [-0.2, 0) is 11.8 Å². The van der Waals surface area contributed by atoms with Gasteiger partial charge in [-0.3, -0.25) is 9.59 Å². The highest BCUT2D eigenvalue weighted by molar-refractivity contribution is 6.08. The maximum absolute atomic E-state index is 13.2. The molecule has 1 aromatic carbocycles. The van der Waals surface area contributed by atoms with Crippen LogP contribution in [0.4, 0.5) is 0 Å². The van der Waals surface area contributed by atoms with Gasteiger partial charge in [0.05, 0.1) is 11.7 Å². The van der Waals surface area contributed by atoms with E-state index >= 15 is 0 Å². The molecule has 4 rings (SSSR count). The van der Waals surface area contributed by atoms with Gasteiger partial charge in [0.25, 0.3) is 5.56 Å². The van der Waals surface area contributed by atoms with Gasteiger partial charge in [0.1, 0.15) is 11.6 Å². The van der Waals surface area contributed by atoms with E-state index in [4.69, 9.17) is 0 Å². The quantitative estimate of drug-likeness (QED) is 0.706. The Kier molecular flexibility index (Phi) is 4.47. The number of amides is 1. The van der Waals surface area contributed by atoms with Crippen molar-refractivity contribution >= 4 is 27.7 Å². The van der Waals surface area contributed by atoms with Crippen LogP contribution in [0.25, 0.3) is 21.8 Å². The number of piperazine rings is 1. The number of benzene rings is 1. The third kappa shape index (κ3) is 2.82. The standard InChI is InChI=1S/C20H25N5O2/c1-4-23-9-11-24(12-10-23)19(26)14(2)25-17-8-6-5-7-15(17)16-13-21-22(3)20(27)18(16)25/h5-8,13-14H,4,9-12H2,1-3H3/t14-/m1/s1. The van der Waals surface area contributed by atoms with E-state index in [-0.39, 0.29) is 11.5 Å². The number of hydrogen-bond donors (Lipinski definition) is 0. The van der Waals surface area contributed by atoms with Crippen LogP contribution in [0.15, 0.2) is 35.3 Å². The van der Waals surface area contributed by atoms with Gasteiger partial charge < -0.3 is 14.4 Å². The van der Waals surface area contributed by atoms with Gasteiger partial charge in [-0.25, -0.2) is 4.68 Å². The number of aryl methyl sites for hydroxylation is 1. The number of rotatable bonds is 3. The number of carbonyl (C=O) groups excluding carboxylic acids is 1. The summed E-state index contributed by atoms with van der Waals surface area (Å²) in [4.78, 5) is 30.4. The third-order valence-corrected chi connectivity index (χ3v) is 5.68. The molecule has 0 radical (unpaired) electrons. The van der Waals surface area contributed by atoms with Crippen LogP contribution >= 0.6 is 0 Å². The lowest BCUT2D eigenvalue weighted by Gasteiger charge is -2.35. The highest BCUT2D eigenvalue weighted by Gasteiger charge is 2.28. The van der Waals surface area contributed by atoms with Crippen LogP contribution in [0.2, 0.25) is 0 Å². The maximum atomic E-state index is 13.2. The Morgan fingerprint density at radius 1 is 1.15 bits per heavy atom. The molecule has 27 heavy (non-hydrogen) atoms. The van der Waals surface area contributed by atoms with E-state index in [1.165, 1.54) is 4.68 Å². The summed E-state index contributed by atoms with van der Waals surface area (Å²) < 4.78 is 3.22. The maximum Gasteiger partial charge on any atom is 0.291 e. The fourth-order valence-electron chi connectivity index (χ4n) is 4.05. The minimum absolute atomic E-state index is 0.0623. The smallest absolute Gasteiger partial charge is 0.291 e. The van der Waals surface area contributed by atoms with E-state index in [0.29, 0.717) is 5.52 Å². The Hall–Kier alpha value is -2.67. The Labute approximate surface area is 157 Å². The molecule has 2 aromatic heterocycles. The molecule has 0 saturated carbocycles. The molecule has 142 valence electrons. The van der Waals surface area contributed by atoms with E-state index in [2.05, 4.69) is 16.9 Å². The highest BCUT2D eigenvalue weighted by atomic mass is 16.2. The first-order valence-electron chi connectivity index (χ1n) is 9.49. The summed E-state index contributed by atoms with van der Waals surface area (Å²) in [6.45, 7) is 8.29. The lowest BCUT2D eigenvalue weighted by molar-refractivity contribution is -0.135. The molecule has 0 unspecified atom stereocenters. The average molecular weight is 367 g/mol. The fraction of sp³-hybridized carbons (Fsp3) is 0.450. The van der Waals surface area contributed by atoms with Crippen LogP contribution in [0.5, 0.6) is 0 Å². The van der Waals surface area contributed by atoms with Gasteiger partial charge in [0.15, 0.2) is 0 Å². The molecule has 1 fully saturated rings. The normalized spacial score (nSPS) is 16.9. The van der Waals surface area contributed by atoms with Gasteiger partial charge in [-0.1, -0.05) is 25.1 Å². The molecule has 1 atom stereocenters. The summed E-state index contributed by atoms with van der Waals surface area (Å²) in [6.07, 6.45) is 1.72. The Morgan fingerprint density at radius 2 is 1.85 bits per heavy atom. The molecular weight excluding hydrogens is 342 g/mol. The number of aromatic nitrogens is 3. The van der Waals surface area contributed by atoms with Crippen molar-refractivity contribution in [1.82, 2.24) is 24.1 Å². The van der Waals surface area contributed by atoms with Gasteiger partial charge in [-0.05, 0) is 19.5 Å². The number of nitrogens with zero attached hydrogens (tertiary/aromatic N) is 5. The summed E-state index contributed by atoms with van der Waals surface area (Å²) in [7, 11) is 1.64. The highest BCUT2D eigenvalue weighted by Crippen LogP contribution is 2.30. The minimum atomic E-state index is -0.448. The lowest BCUT2D eigenvalue weighted by Crippen LogP contribution is -2.50. The molecule has 0 aliphatic carbocycles. The van der Waals surface area contributed by atoms with Gasteiger partial charge >= 0.3 is 0 Å². The first kappa shape index (κ1) is 17.7. The predicted molar refractivity (Wildman–Crippen MR) is 106 cm³/mol. The zero-order valence-corrected chi connectivity index (χ0v) is 16.1. The average Bonchev–Trinajstić information content (AvgIpc) is 3.05. The van der Waals surface area contributed by atoms with Crippen molar-refractivity contribution in [3.63, 3.8) is 0 Å². The number of hydrogen-bond acceptors (Lipinski definition) is 4. The summed E-state index contributed by atoms with van der Waals surface area (Å²) in [5.74, 6) is 0.0623. The van der Waals surface area contributed by atoms with Crippen molar-refractivity contribution in [3.8, 4) is 0 Å².